The Morgan fingerprint density at radius 2 is 1.83 bits per heavy atom. The average molecular weight is 526 g/mol. The topological polar surface area (TPSA) is 116 Å². The third-order valence-electron chi connectivity index (χ3n) is 5.27. The molecule has 1 fully saturated rings. The zero-order valence-electron chi connectivity index (χ0n) is 19.2. The summed E-state index contributed by atoms with van der Waals surface area (Å²) in [6, 6.07) is 5.88. The number of benzene rings is 1. The number of aryl methyl sites for hydroxylation is 1. The molecule has 2 aromatic heterocycles. The number of alkyl halides is 3. The van der Waals surface area contributed by atoms with Gasteiger partial charge in [-0.1, -0.05) is 12.1 Å². The molecule has 0 unspecified atom stereocenters. The van der Waals surface area contributed by atoms with Crippen LogP contribution in [0.4, 0.5) is 24.7 Å². The smallest absolute Gasteiger partial charge is 0.480 e. The van der Waals surface area contributed by atoms with Crippen molar-refractivity contribution >= 4 is 21.5 Å². The Morgan fingerprint density at radius 3 is 2.53 bits per heavy atom. The van der Waals surface area contributed by atoms with Gasteiger partial charge in [0, 0.05) is 30.4 Å². The number of nitrogens with zero attached hydrogens (tertiary/aromatic N) is 4. The van der Waals surface area contributed by atoms with Crippen LogP contribution in [-0.4, -0.2) is 63.1 Å². The largest absolute Gasteiger partial charge is 0.573 e. The van der Waals surface area contributed by atoms with Crippen LogP contribution in [0.5, 0.6) is 11.6 Å². The predicted molar refractivity (Wildman–Crippen MR) is 124 cm³/mol. The standard InChI is InChI=1S/C22H22F3N5O5S/c1-14-19(20(28-13-27-14)30-7-9-34-10-8-30)15-11-16(21(33-2)26-12-15)29-36(31,32)18-6-4-3-5-17(18)35-22(23,24)25/h3-6,11-13,29H,7-10H2,1-2H3. The number of rotatable bonds is 7. The van der Waals surface area contributed by atoms with Crippen molar-refractivity contribution in [3.8, 4) is 22.8 Å². The molecule has 0 saturated carbocycles. The van der Waals surface area contributed by atoms with Gasteiger partial charge in [-0.2, -0.15) is 0 Å². The van der Waals surface area contributed by atoms with Crippen LogP contribution in [0.15, 0.2) is 47.8 Å². The summed E-state index contributed by atoms with van der Waals surface area (Å²) in [5.41, 5.74) is 1.63. The number of hydrogen-bond donors (Lipinski definition) is 1. The average Bonchev–Trinajstić information content (AvgIpc) is 2.83. The highest BCUT2D eigenvalue weighted by molar-refractivity contribution is 7.92. The van der Waals surface area contributed by atoms with Crippen LogP contribution < -0.4 is 19.1 Å². The van der Waals surface area contributed by atoms with E-state index in [1.165, 1.54) is 37.8 Å². The minimum atomic E-state index is -5.08. The van der Waals surface area contributed by atoms with Crippen molar-refractivity contribution in [2.24, 2.45) is 0 Å². The predicted octanol–water partition coefficient (Wildman–Crippen LogP) is 3.39. The fourth-order valence-corrected chi connectivity index (χ4v) is 4.90. The van der Waals surface area contributed by atoms with Crippen molar-refractivity contribution in [3.63, 3.8) is 0 Å². The molecule has 14 heteroatoms. The molecule has 0 radical (unpaired) electrons. The molecule has 0 bridgehead atoms. The van der Waals surface area contributed by atoms with E-state index in [1.807, 2.05) is 4.90 Å². The number of pyridine rings is 1. The Bertz CT molecular complexity index is 1350. The maximum Gasteiger partial charge on any atom is 0.573 e. The number of nitrogens with one attached hydrogen (secondary N) is 1. The lowest BCUT2D eigenvalue weighted by atomic mass is 10.1. The van der Waals surface area contributed by atoms with Crippen LogP contribution in [0.25, 0.3) is 11.1 Å². The molecule has 4 rings (SSSR count). The number of ether oxygens (including phenoxy) is 3. The highest BCUT2D eigenvalue weighted by atomic mass is 32.2. The Balaban J connectivity index is 1.76. The molecule has 1 saturated heterocycles. The summed E-state index contributed by atoms with van der Waals surface area (Å²) < 4.78 is 81.5. The molecule has 10 nitrogen and oxygen atoms in total. The van der Waals surface area contributed by atoms with E-state index in [0.717, 1.165) is 12.1 Å². The van der Waals surface area contributed by atoms with Gasteiger partial charge in [0.05, 0.1) is 26.0 Å². The van der Waals surface area contributed by atoms with Crippen LogP contribution in [0.3, 0.4) is 0 Å². The van der Waals surface area contributed by atoms with Gasteiger partial charge >= 0.3 is 6.36 Å². The number of aromatic nitrogens is 3. The summed E-state index contributed by atoms with van der Waals surface area (Å²) in [5, 5.41) is 0. The fourth-order valence-electron chi connectivity index (χ4n) is 3.72. The monoisotopic (exact) mass is 525 g/mol. The van der Waals surface area contributed by atoms with Crippen molar-refractivity contribution in [1.29, 1.82) is 0 Å². The lowest BCUT2D eigenvalue weighted by Crippen LogP contribution is -2.37. The van der Waals surface area contributed by atoms with E-state index >= 15 is 0 Å². The number of morpholine rings is 1. The minimum Gasteiger partial charge on any atom is -0.480 e. The summed E-state index contributed by atoms with van der Waals surface area (Å²) in [7, 11) is -3.25. The first-order chi connectivity index (χ1) is 17.1. The molecule has 3 heterocycles. The lowest BCUT2D eigenvalue weighted by molar-refractivity contribution is -0.275. The summed E-state index contributed by atoms with van der Waals surface area (Å²) in [4.78, 5) is 14.2. The molecule has 36 heavy (non-hydrogen) atoms. The van der Waals surface area contributed by atoms with Crippen LogP contribution >= 0.6 is 0 Å². The first-order valence-electron chi connectivity index (χ1n) is 10.7. The molecule has 1 N–H and O–H groups in total. The third kappa shape index (κ3) is 5.60. The Hall–Kier alpha value is -3.65. The van der Waals surface area contributed by atoms with Crippen molar-refractivity contribution in [2.45, 2.75) is 18.2 Å². The maximum absolute atomic E-state index is 13.1. The number of halogens is 3. The van der Waals surface area contributed by atoms with Crippen molar-refractivity contribution in [3.05, 3.63) is 48.5 Å². The first kappa shape index (κ1) is 25.4. The van der Waals surface area contributed by atoms with Crippen LogP contribution in [0.2, 0.25) is 0 Å². The molecule has 0 spiro atoms. The molecule has 192 valence electrons. The van der Waals surface area contributed by atoms with E-state index < -0.39 is 27.0 Å². The van der Waals surface area contributed by atoms with Crippen LogP contribution in [-0.2, 0) is 14.8 Å². The lowest BCUT2D eigenvalue weighted by Gasteiger charge is -2.29. The maximum atomic E-state index is 13.1. The van der Waals surface area contributed by atoms with Gasteiger partial charge in [-0.15, -0.1) is 13.2 Å². The Labute approximate surface area is 205 Å². The highest BCUT2D eigenvalue weighted by Crippen LogP contribution is 2.37. The summed E-state index contributed by atoms with van der Waals surface area (Å²) in [5.74, 6) is -0.336. The zero-order valence-corrected chi connectivity index (χ0v) is 20.1. The summed E-state index contributed by atoms with van der Waals surface area (Å²) >= 11 is 0. The van der Waals surface area contributed by atoms with Gasteiger partial charge in [-0.05, 0) is 25.1 Å². The van der Waals surface area contributed by atoms with Gasteiger partial charge in [0.2, 0.25) is 5.88 Å². The van der Waals surface area contributed by atoms with E-state index in [9.17, 15) is 21.6 Å². The minimum absolute atomic E-state index is 0.0843. The van der Waals surface area contributed by atoms with Crippen molar-refractivity contribution < 1.29 is 35.8 Å². The second kappa shape index (κ2) is 10.1. The molecular weight excluding hydrogens is 503 g/mol. The second-order valence-electron chi connectivity index (χ2n) is 7.64. The van der Waals surface area contributed by atoms with E-state index in [1.54, 1.807) is 6.92 Å². The molecular formula is C22H22F3N5O5S. The molecule has 0 amide bonds. The van der Waals surface area contributed by atoms with E-state index in [2.05, 4.69) is 24.4 Å². The number of hydrogen-bond acceptors (Lipinski definition) is 9. The molecule has 1 aliphatic rings. The zero-order chi connectivity index (χ0) is 25.9. The van der Waals surface area contributed by atoms with Crippen LogP contribution in [0, 0.1) is 6.92 Å². The van der Waals surface area contributed by atoms with Gasteiger partial charge < -0.3 is 19.1 Å². The number of methoxy groups -OCH3 is 1. The SMILES string of the molecule is COc1ncc(-c2c(C)ncnc2N2CCOCC2)cc1NS(=O)(=O)c1ccccc1OC(F)(F)F. The molecule has 1 aromatic carbocycles. The molecule has 0 aliphatic carbocycles. The van der Waals surface area contributed by atoms with E-state index in [-0.39, 0.29) is 11.6 Å². The third-order valence-corrected chi connectivity index (χ3v) is 6.67. The Kier molecular flexibility index (Phi) is 7.17. The van der Waals surface area contributed by atoms with Gasteiger partial charge in [-0.25, -0.2) is 23.4 Å². The molecule has 3 aromatic rings. The number of anilines is 2. The Morgan fingerprint density at radius 1 is 1.11 bits per heavy atom. The molecule has 1 aliphatic heterocycles. The van der Waals surface area contributed by atoms with E-state index in [0.29, 0.717) is 48.9 Å². The second-order valence-corrected chi connectivity index (χ2v) is 9.29. The van der Waals surface area contributed by atoms with Gasteiger partial charge in [0.1, 0.15) is 28.5 Å². The van der Waals surface area contributed by atoms with Crippen LogP contribution in [0.1, 0.15) is 5.69 Å². The van der Waals surface area contributed by atoms with E-state index in [4.69, 9.17) is 9.47 Å². The highest BCUT2D eigenvalue weighted by Gasteiger charge is 2.34. The first-order valence-corrected chi connectivity index (χ1v) is 12.1. The quantitative estimate of drug-likeness (QED) is 0.496. The van der Waals surface area contributed by atoms with Gasteiger partial charge in [-0.3, -0.25) is 4.72 Å². The van der Waals surface area contributed by atoms with Gasteiger partial charge in [0.15, 0.2) is 0 Å². The number of sulfonamides is 1. The van der Waals surface area contributed by atoms with Gasteiger partial charge in [0.25, 0.3) is 10.0 Å². The van der Waals surface area contributed by atoms with Crippen molar-refractivity contribution in [2.75, 3.05) is 43.0 Å². The normalized spacial score (nSPS) is 14.4. The number of para-hydroxylation sites is 1. The summed E-state index contributed by atoms with van der Waals surface area (Å²) in [6.07, 6.45) is -2.17. The van der Waals surface area contributed by atoms with Crippen molar-refractivity contribution in [1.82, 2.24) is 15.0 Å². The molecule has 0 atom stereocenters. The fraction of sp³-hybridized carbons (Fsp3) is 0.318. The summed E-state index contributed by atoms with van der Waals surface area (Å²) in [6.45, 7) is 4.02.